The molecule has 2 atom stereocenters. The smallest absolute Gasteiger partial charge is 0.202 e. The second kappa shape index (κ2) is 4.22. The summed E-state index contributed by atoms with van der Waals surface area (Å²) in [6.07, 6.45) is 8.53. The molecule has 1 aromatic heterocycles. The van der Waals surface area contributed by atoms with Crippen LogP contribution in [0.2, 0.25) is 0 Å². The van der Waals surface area contributed by atoms with Crippen molar-refractivity contribution in [3.63, 3.8) is 0 Å². The molecule has 0 aliphatic heterocycles. The lowest BCUT2D eigenvalue weighted by molar-refractivity contribution is 0.466. The fraction of sp³-hybridized carbons (Fsp3) is 0.700. The van der Waals surface area contributed by atoms with Crippen LogP contribution in [-0.2, 0) is 7.05 Å². The largest absolute Gasteiger partial charge is 0.351 e. The maximum atomic E-state index is 6.25. The van der Waals surface area contributed by atoms with Crippen molar-refractivity contribution in [2.75, 3.05) is 5.32 Å². The Labute approximate surface area is 89.5 Å². The Morgan fingerprint density at radius 3 is 2.93 bits per heavy atom. The van der Waals surface area contributed by atoms with E-state index in [1.807, 2.05) is 17.8 Å². The minimum Gasteiger partial charge on any atom is -0.351 e. The van der Waals surface area contributed by atoms with Gasteiger partial charge in [-0.3, -0.25) is 0 Å². The molecule has 14 heavy (non-hydrogen) atoms. The number of rotatable bonds is 2. The zero-order chi connectivity index (χ0) is 9.97. The highest BCUT2D eigenvalue weighted by Gasteiger charge is 2.23. The van der Waals surface area contributed by atoms with Gasteiger partial charge in [0.1, 0.15) is 0 Å². The molecule has 2 rings (SSSR count). The van der Waals surface area contributed by atoms with Crippen LogP contribution in [0, 0.1) is 0 Å². The lowest BCUT2D eigenvalue weighted by Crippen LogP contribution is -2.33. The molecular weight excluding hydrogens is 198 g/mol. The van der Waals surface area contributed by atoms with Crippen LogP contribution in [-0.4, -0.2) is 21.0 Å². The molecule has 1 aliphatic rings. The van der Waals surface area contributed by atoms with Gasteiger partial charge in [-0.05, 0) is 12.8 Å². The van der Waals surface area contributed by atoms with Gasteiger partial charge in [-0.15, -0.1) is 11.6 Å². The maximum absolute atomic E-state index is 6.25. The number of nitrogens with one attached hydrogen (secondary N) is 1. The minimum absolute atomic E-state index is 0.250. The fourth-order valence-electron chi connectivity index (χ4n) is 1.92. The van der Waals surface area contributed by atoms with Crippen LogP contribution >= 0.6 is 11.6 Å². The van der Waals surface area contributed by atoms with E-state index >= 15 is 0 Å². The Morgan fingerprint density at radius 1 is 1.50 bits per heavy atom. The quantitative estimate of drug-likeness (QED) is 0.765. The summed E-state index contributed by atoms with van der Waals surface area (Å²) in [6, 6.07) is 0.381. The first kappa shape index (κ1) is 9.84. The normalized spacial score (nSPS) is 27.6. The van der Waals surface area contributed by atoms with Crippen molar-refractivity contribution < 1.29 is 0 Å². The maximum Gasteiger partial charge on any atom is 0.202 e. The second-order valence-electron chi connectivity index (χ2n) is 3.91. The standard InChI is InChI=1S/C10H16ClN3/c1-14-7-6-12-10(14)13-9-5-3-2-4-8(9)11/h6-9H,2-5H2,1H3,(H,12,13). The lowest BCUT2D eigenvalue weighted by atomic mass is 9.95. The van der Waals surface area contributed by atoms with Gasteiger partial charge in [0, 0.05) is 25.5 Å². The zero-order valence-corrected chi connectivity index (χ0v) is 9.17. The van der Waals surface area contributed by atoms with Crippen LogP contribution in [0.25, 0.3) is 0 Å². The predicted octanol–water partition coefficient (Wildman–Crippen LogP) is 2.38. The highest BCUT2D eigenvalue weighted by atomic mass is 35.5. The van der Waals surface area contributed by atoms with E-state index in [0.29, 0.717) is 6.04 Å². The molecule has 78 valence electrons. The van der Waals surface area contributed by atoms with Crippen LogP contribution in [0.15, 0.2) is 12.4 Å². The second-order valence-corrected chi connectivity index (χ2v) is 4.47. The van der Waals surface area contributed by atoms with Crippen LogP contribution < -0.4 is 5.32 Å². The molecule has 4 heteroatoms. The van der Waals surface area contributed by atoms with Crippen LogP contribution in [0.4, 0.5) is 5.95 Å². The SMILES string of the molecule is Cn1ccnc1NC1CCCCC1Cl. The number of nitrogens with zero attached hydrogens (tertiary/aromatic N) is 2. The molecule has 1 saturated carbocycles. The molecule has 0 spiro atoms. The van der Waals surface area contributed by atoms with Gasteiger partial charge in [-0.25, -0.2) is 4.98 Å². The van der Waals surface area contributed by atoms with E-state index in [0.717, 1.165) is 18.8 Å². The lowest BCUT2D eigenvalue weighted by Gasteiger charge is -2.28. The Bertz CT molecular complexity index is 297. The highest BCUT2D eigenvalue weighted by Crippen LogP contribution is 2.25. The van der Waals surface area contributed by atoms with E-state index in [4.69, 9.17) is 11.6 Å². The van der Waals surface area contributed by atoms with Crippen LogP contribution in [0.1, 0.15) is 25.7 Å². The Kier molecular flexibility index (Phi) is 2.96. The van der Waals surface area contributed by atoms with Gasteiger partial charge in [-0.2, -0.15) is 0 Å². The molecule has 1 N–H and O–H groups in total. The summed E-state index contributed by atoms with van der Waals surface area (Å²) in [5.74, 6) is 0.919. The third-order valence-electron chi connectivity index (χ3n) is 2.82. The third kappa shape index (κ3) is 2.03. The van der Waals surface area contributed by atoms with Crippen molar-refractivity contribution >= 4 is 17.5 Å². The molecule has 2 unspecified atom stereocenters. The molecule has 0 saturated heterocycles. The van der Waals surface area contributed by atoms with Crippen molar-refractivity contribution in [3.8, 4) is 0 Å². The number of anilines is 1. The predicted molar refractivity (Wildman–Crippen MR) is 58.7 cm³/mol. The van der Waals surface area contributed by atoms with E-state index in [9.17, 15) is 0 Å². The molecule has 1 aliphatic carbocycles. The van der Waals surface area contributed by atoms with Gasteiger partial charge in [0.2, 0.25) is 5.95 Å². The van der Waals surface area contributed by atoms with Crippen molar-refractivity contribution in [3.05, 3.63) is 12.4 Å². The summed E-state index contributed by atoms with van der Waals surface area (Å²) < 4.78 is 1.98. The van der Waals surface area contributed by atoms with Gasteiger partial charge in [0.05, 0.1) is 5.38 Å². The molecule has 0 bridgehead atoms. The average molecular weight is 214 g/mol. The summed E-state index contributed by atoms with van der Waals surface area (Å²) in [6.45, 7) is 0. The van der Waals surface area contributed by atoms with Gasteiger partial charge in [0.15, 0.2) is 0 Å². The number of alkyl halides is 1. The molecule has 3 nitrogen and oxygen atoms in total. The molecule has 1 aromatic rings. The van der Waals surface area contributed by atoms with Gasteiger partial charge >= 0.3 is 0 Å². The van der Waals surface area contributed by atoms with Crippen molar-refractivity contribution in [2.45, 2.75) is 37.1 Å². The van der Waals surface area contributed by atoms with E-state index in [2.05, 4.69) is 10.3 Å². The first-order valence-corrected chi connectivity index (χ1v) is 5.59. The number of hydrogen-bond donors (Lipinski definition) is 1. The first-order valence-electron chi connectivity index (χ1n) is 5.15. The highest BCUT2D eigenvalue weighted by molar-refractivity contribution is 6.21. The van der Waals surface area contributed by atoms with Gasteiger partial charge in [0.25, 0.3) is 0 Å². The van der Waals surface area contributed by atoms with Gasteiger partial charge < -0.3 is 9.88 Å². The molecule has 1 fully saturated rings. The number of hydrogen-bond acceptors (Lipinski definition) is 2. The van der Waals surface area contributed by atoms with Crippen LogP contribution in [0.5, 0.6) is 0 Å². The first-order chi connectivity index (χ1) is 6.77. The van der Waals surface area contributed by atoms with Crippen molar-refractivity contribution in [1.29, 1.82) is 0 Å². The summed E-state index contributed by atoms with van der Waals surface area (Å²) in [7, 11) is 1.99. The Morgan fingerprint density at radius 2 is 2.29 bits per heavy atom. The van der Waals surface area contributed by atoms with Gasteiger partial charge in [-0.1, -0.05) is 12.8 Å². The van der Waals surface area contributed by atoms with E-state index in [-0.39, 0.29) is 5.38 Å². The molecule has 0 radical (unpaired) electrons. The third-order valence-corrected chi connectivity index (χ3v) is 3.34. The summed E-state index contributed by atoms with van der Waals surface area (Å²) >= 11 is 6.25. The Balaban J connectivity index is 1.99. The number of imidazole rings is 1. The number of halogens is 1. The molecule has 0 amide bonds. The summed E-state index contributed by atoms with van der Waals surface area (Å²) in [5.41, 5.74) is 0. The van der Waals surface area contributed by atoms with Crippen LogP contribution in [0.3, 0.4) is 0 Å². The molecular formula is C10H16ClN3. The fourth-order valence-corrected chi connectivity index (χ4v) is 2.26. The monoisotopic (exact) mass is 213 g/mol. The van der Waals surface area contributed by atoms with Crippen molar-refractivity contribution in [2.24, 2.45) is 7.05 Å². The topological polar surface area (TPSA) is 29.9 Å². The molecule has 0 aromatic carbocycles. The number of aryl methyl sites for hydroxylation is 1. The Hall–Kier alpha value is -0.700. The summed E-state index contributed by atoms with van der Waals surface area (Å²) in [5, 5.41) is 3.65. The number of aromatic nitrogens is 2. The minimum atomic E-state index is 0.250. The van der Waals surface area contributed by atoms with E-state index in [1.165, 1.54) is 12.8 Å². The molecule has 1 heterocycles. The zero-order valence-electron chi connectivity index (χ0n) is 8.41. The average Bonchev–Trinajstić information content (AvgIpc) is 2.56. The van der Waals surface area contributed by atoms with E-state index < -0.39 is 0 Å². The van der Waals surface area contributed by atoms with E-state index in [1.54, 1.807) is 6.20 Å². The van der Waals surface area contributed by atoms with Crippen molar-refractivity contribution in [1.82, 2.24) is 9.55 Å². The summed E-state index contributed by atoms with van der Waals surface area (Å²) in [4.78, 5) is 4.24.